The van der Waals surface area contributed by atoms with Crippen molar-refractivity contribution < 1.29 is 9.90 Å². The van der Waals surface area contributed by atoms with Gasteiger partial charge in [0.2, 0.25) is 0 Å². The van der Waals surface area contributed by atoms with E-state index >= 15 is 0 Å². The number of aliphatic hydroxyl groups is 1. The zero-order valence-corrected chi connectivity index (χ0v) is 12.7. The number of likely N-dealkylation sites (tertiary alicyclic amines) is 1. The van der Waals surface area contributed by atoms with E-state index in [1.807, 2.05) is 0 Å². The molecular formula is C17H27NO2. The van der Waals surface area contributed by atoms with E-state index in [1.165, 1.54) is 0 Å². The molecule has 1 N–H and O–H groups in total. The first-order valence-corrected chi connectivity index (χ1v) is 8.41. The van der Waals surface area contributed by atoms with Crippen LogP contribution >= 0.6 is 0 Å². The molecule has 0 amide bonds. The minimum atomic E-state index is -0.233. The number of hydrogen-bond acceptors (Lipinski definition) is 3. The first kappa shape index (κ1) is 13.3. The lowest BCUT2D eigenvalue weighted by Crippen LogP contribution is -2.47. The van der Waals surface area contributed by atoms with Gasteiger partial charge in [-0.1, -0.05) is 6.92 Å². The maximum absolute atomic E-state index is 12.7. The van der Waals surface area contributed by atoms with Crippen molar-refractivity contribution in [1.82, 2.24) is 4.90 Å². The fourth-order valence-electron chi connectivity index (χ4n) is 6.49. The summed E-state index contributed by atoms with van der Waals surface area (Å²) in [6.07, 6.45) is 4.86. The van der Waals surface area contributed by atoms with Gasteiger partial charge in [0.15, 0.2) is 0 Å². The molecule has 1 spiro atoms. The van der Waals surface area contributed by atoms with E-state index in [4.69, 9.17) is 0 Å². The lowest BCUT2D eigenvalue weighted by Gasteiger charge is -2.46. The maximum Gasteiger partial charge on any atom is 0.137 e. The highest BCUT2D eigenvalue weighted by atomic mass is 16.3. The van der Waals surface area contributed by atoms with Crippen LogP contribution in [0, 0.1) is 35.0 Å². The first-order valence-electron chi connectivity index (χ1n) is 8.41. The number of ketones is 1. The normalized spacial score (nSPS) is 55.5. The number of hydrogen-bond donors (Lipinski definition) is 1. The van der Waals surface area contributed by atoms with Gasteiger partial charge < -0.3 is 10.0 Å². The molecule has 4 rings (SSSR count). The Balaban J connectivity index is 1.72. The molecule has 1 saturated heterocycles. The first-order chi connectivity index (χ1) is 9.52. The predicted molar refractivity (Wildman–Crippen MR) is 77.2 cm³/mol. The summed E-state index contributed by atoms with van der Waals surface area (Å²) in [5.41, 5.74) is -0.0376. The molecule has 0 aromatic rings. The summed E-state index contributed by atoms with van der Waals surface area (Å²) in [6, 6.07) is 0. The van der Waals surface area contributed by atoms with E-state index in [0.717, 1.165) is 45.2 Å². The van der Waals surface area contributed by atoms with Gasteiger partial charge in [-0.3, -0.25) is 4.79 Å². The summed E-state index contributed by atoms with van der Waals surface area (Å²) in [7, 11) is 2.20. The third kappa shape index (κ3) is 1.57. The van der Waals surface area contributed by atoms with Crippen molar-refractivity contribution in [3.63, 3.8) is 0 Å². The van der Waals surface area contributed by atoms with Gasteiger partial charge >= 0.3 is 0 Å². The fraction of sp³-hybridized carbons (Fsp3) is 0.941. The van der Waals surface area contributed by atoms with Crippen molar-refractivity contribution in [2.45, 2.75) is 45.1 Å². The average molecular weight is 277 g/mol. The van der Waals surface area contributed by atoms with Crippen LogP contribution in [0.1, 0.15) is 39.0 Å². The van der Waals surface area contributed by atoms with Gasteiger partial charge in [-0.2, -0.15) is 0 Å². The molecule has 0 aromatic heterocycles. The van der Waals surface area contributed by atoms with E-state index in [-0.39, 0.29) is 17.4 Å². The summed E-state index contributed by atoms with van der Waals surface area (Å²) in [5.74, 6) is 2.93. The van der Waals surface area contributed by atoms with Crippen molar-refractivity contribution in [1.29, 1.82) is 0 Å². The quantitative estimate of drug-likeness (QED) is 0.735. The third-order valence-electron chi connectivity index (χ3n) is 7.11. The van der Waals surface area contributed by atoms with Crippen molar-refractivity contribution in [3.8, 4) is 0 Å². The molecule has 3 aliphatic carbocycles. The highest BCUT2D eigenvalue weighted by Gasteiger charge is 2.67. The summed E-state index contributed by atoms with van der Waals surface area (Å²) in [5, 5.41) is 10.9. The fourth-order valence-corrected chi connectivity index (χ4v) is 6.49. The molecule has 3 nitrogen and oxygen atoms in total. The van der Waals surface area contributed by atoms with E-state index in [2.05, 4.69) is 18.9 Å². The van der Waals surface area contributed by atoms with E-state index in [1.54, 1.807) is 0 Å². The van der Waals surface area contributed by atoms with Crippen LogP contribution < -0.4 is 0 Å². The van der Waals surface area contributed by atoms with E-state index in [0.29, 0.717) is 29.5 Å². The summed E-state index contributed by atoms with van der Waals surface area (Å²) >= 11 is 0. The molecule has 1 heterocycles. The second kappa shape index (κ2) is 4.30. The summed E-state index contributed by atoms with van der Waals surface area (Å²) < 4.78 is 0. The van der Waals surface area contributed by atoms with Gasteiger partial charge in [-0.25, -0.2) is 0 Å². The molecule has 3 saturated carbocycles. The molecule has 1 aliphatic heterocycles. The average Bonchev–Trinajstić information content (AvgIpc) is 2.83. The molecule has 3 heteroatoms. The van der Waals surface area contributed by atoms with Gasteiger partial charge in [0.05, 0.1) is 6.10 Å². The highest BCUT2D eigenvalue weighted by Crippen LogP contribution is 2.67. The topological polar surface area (TPSA) is 40.5 Å². The lowest BCUT2D eigenvalue weighted by molar-refractivity contribution is -0.126. The van der Waals surface area contributed by atoms with Gasteiger partial charge in [-0.05, 0) is 62.9 Å². The second-order valence-electron chi connectivity index (χ2n) is 8.23. The predicted octanol–water partition coefficient (Wildman–Crippen LogP) is 1.94. The van der Waals surface area contributed by atoms with Gasteiger partial charge in [0.25, 0.3) is 0 Å². The van der Waals surface area contributed by atoms with Crippen LogP contribution in [0.4, 0.5) is 0 Å². The lowest BCUT2D eigenvalue weighted by atomic mass is 9.60. The van der Waals surface area contributed by atoms with Crippen LogP contribution in [0.5, 0.6) is 0 Å². The number of carbonyl (C=O) groups excluding carboxylic acids is 1. The Bertz CT molecular complexity index is 437. The smallest absolute Gasteiger partial charge is 0.137 e. The van der Waals surface area contributed by atoms with Crippen LogP contribution in [0.2, 0.25) is 0 Å². The number of nitrogens with zero attached hydrogens (tertiary/aromatic N) is 1. The van der Waals surface area contributed by atoms with Gasteiger partial charge in [0, 0.05) is 24.3 Å². The number of piperidine rings is 1. The largest absolute Gasteiger partial charge is 0.393 e. The van der Waals surface area contributed by atoms with Crippen LogP contribution in [0.25, 0.3) is 0 Å². The number of fused-ring (bicyclic) bond motifs is 2. The monoisotopic (exact) mass is 277 g/mol. The molecule has 0 unspecified atom stereocenters. The van der Waals surface area contributed by atoms with Gasteiger partial charge in [0.1, 0.15) is 5.78 Å². The standard InChI is InChI=1S/C17H27NO2/c1-10-5-12-7-14(19)16-13-3-4-18(2)9-11(13)8-17(12,16)15(20)6-10/h10-13,15-16,20H,3-9H2,1-2H3/t10-,11-,12+,13+,15-,16+,17-/m1/s1. The van der Waals surface area contributed by atoms with Crippen LogP contribution in [0.3, 0.4) is 0 Å². The van der Waals surface area contributed by atoms with Crippen LogP contribution in [-0.2, 0) is 4.79 Å². The maximum atomic E-state index is 12.7. The zero-order valence-electron chi connectivity index (χ0n) is 12.7. The molecule has 4 fully saturated rings. The van der Waals surface area contributed by atoms with Crippen LogP contribution in [0.15, 0.2) is 0 Å². The van der Waals surface area contributed by atoms with Crippen molar-refractivity contribution in [3.05, 3.63) is 0 Å². The summed E-state index contributed by atoms with van der Waals surface area (Å²) in [4.78, 5) is 15.1. The zero-order chi connectivity index (χ0) is 14.1. The Hall–Kier alpha value is -0.410. The summed E-state index contributed by atoms with van der Waals surface area (Å²) in [6.45, 7) is 4.49. The molecular weight excluding hydrogens is 250 g/mol. The van der Waals surface area contributed by atoms with E-state index in [9.17, 15) is 9.90 Å². The van der Waals surface area contributed by atoms with Gasteiger partial charge in [-0.15, -0.1) is 0 Å². The second-order valence-corrected chi connectivity index (χ2v) is 8.23. The Morgan fingerprint density at radius 3 is 2.95 bits per heavy atom. The molecule has 0 aromatic carbocycles. The SMILES string of the molecule is C[C@@H]1C[C@H]2CC(=O)[C@@H]3[C@H]4CCN(C)C[C@H]4C[C@]23[C@H](O)C1. The number of aliphatic hydroxyl groups excluding tert-OH is 1. The number of Topliss-reactive ketones (excluding diaryl/α,β-unsaturated/α-hetero) is 1. The van der Waals surface area contributed by atoms with Crippen molar-refractivity contribution in [2.24, 2.45) is 35.0 Å². The Morgan fingerprint density at radius 2 is 2.15 bits per heavy atom. The van der Waals surface area contributed by atoms with Crippen molar-refractivity contribution in [2.75, 3.05) is 20.1 Å². The Morgan fingerprint density at radius 1 is 1.35 bits per heavy atom. The van der Waals surface area contributed by atoms with Crippen molar-refractivity contribution >= 4 is 5.78 Å². The molecule has 0 bridgehead atoms. The van der Waals surface area contributed by atoms with Crippen LogP contribution in [-0.4, -0.2) is 42.0 Å². The Kier molecular flexibility index (Phi) is 2.85. The molecule has 4 aliphatic rings. The molecule has 7 atom stereocenters. The number of rotatable bonds is 0. The van der Waals surface area contributed by atoms with E-state index < -0.39 is 0 Å². The highest BCUT2D eigenvalue weighted by molar-refractivity contribution is 5.86. The molecule has 112 valence electrons. The third-order valence-corrected chi connectivity index (χ3v) is 7.11. The Labute approximate surface area is 121 Å². The minimum absolute atomic E-state index is 0.0376. The number of carbonyl (C=O) groups is 1. The molecule has 20 heavy (non-hydrogen) atoms. The minimum Gasteiger partial charge on any atom is -0.393 e. The molecule has 0 radical (unpaired) electrons.